The van der Waals surface area contributed by atoms with Gasteiger partial charge in [0.2, 0.25) is 0 Å². The fourth-order valence-corrected chi connectivity index (χ4v) is 4.89. The Morgan fingerprint density at radius 2 is 1.94 bits per heavy atom. The van der Waals surface area contributed by atoms with E-state index in [1.165, 1.54) is 5.56 Å². The summed E-state index contributed by atoms with van der Waals surface area (Å²) >= 11 is 0. The predicted molar refractivity (Wildman–Crippen MR) is 129 cm³/mol. The maximum Gasteiger partial charge on any atom is 0.411 e. The Labute approximate surface area is 200 Å². The Balaban J connectivity index is 1.43. The molecular weight excluding hydrogens is 430 g/mol. The van der Waals surface area contributed by atoms with Crippen LogP contribution in [0.1, 0.15) is 70.5 Å². The molecule has 2 aromatic heterocycles. The number of para-hydroxylation sites is 1. The number of amides is 1. The number of benzene rings is 1. The van der Waals surface area contributed by atoms with E-state index in [4.69, 9.17) is 19.4 Å². The number of carbonyl (C=O) groups is 1. The average Bonchev–Trinajstić information content (AvgIpc) is 3.33. The number of carbonyl (C=O) groups excluding carboxylic acids is 1. The fraction of sp³-hybridized carbons (Fsp3) is 0.538. The van der Waals surface area contributed by atoms with Gasteiger partial charge in [0, 0.05) is 31.5 Å². The van der Waals surface area contributed by atoms with Crippen molar-refractivity contribution in [2.24, 2.45) is 0 Å². The maximum atomic E-state index is 12.8. The molecule has 4 heterocycles. The SMILES string of the molecule is CC(C)(C)OC(=O)N1CCCCC1n1cc(-c2cnc3cccc(C4CCOCC4)c3n2)cn1. The van der Waals surface area contributed by atoms with Gasteiger partial charge >= 0.3 is 6.09 Å². The predicted octanol–water partition coefficient (Wildman–Crippen LogP) is 5.31. The number of nitrogens with zero attached hydrogens (tertiary/aromatic N) is 5. The molecule has 2 aliphatic rings. The van der Waals surface area contributed by atoms with Crippen LogP contribution in [0.15, 0.2) is 36.8 Å². The van der Waals surface area contributed by atoms with Crippen LogP contribution in [0.5, 0.6) is 0 Å². The van der Waals surface area contributed by atoms with E-state index in [2.05, 4.69) is 17.2 Å². The molecule has 1 unspecified atom stereocenters. The molecular formula is C26H33N5O3. The number of hydrogen-bond acceptors (Lipinski definition) is 6. The number of hydrogen-bond donors (Lipinski definition) is 0. The van der Waals surface area contributed by atoms with Crippen LogP contribution < -0.4 is 0 Å². The summed E-state index contributed by atoms with van der Waals surface area (Å²) in [5.74, 6) is 0.439. The number of rotatable bonds is 3. The minimum absolute atomic E-state index is 0.163. The zero-order chi connectivity index (χ0) is 23.7. The summed E-state index contributed by atoms with van der Waals surface area (Å²) in [4.78, 5) is 24.4. The molecule has 2 saturated heterocycles. The van der Waals surface area contributed by atoms with Gasteiger partial charge in [-0.1, -0.05) is 12.1 Å². The minimum atomic E-state index is -0.531. The second-order valence-electron chi connectivity index (χ2n) is 10.2. The van der Waals surface area contributed by atoms with Crippen LogP contribution in [0.25, 0.3) is 22.3 Å². The third kappa shape index (κ3) is 4.78. The van der Waals surface area contributed by atoms with Crippen molar-refractivity contribution in [3.8, 4) is 11.3 Å². The number of fused-ring (bicyclic) bond motifs is 1. The maximum absolute atomic E-state index is 12.8. The van der Waals surface area contributed by atoms with Gasteiger partial charge in [0.15, 0.2) is 0 Å². The molecule has 1 atom stereocenters. The lowest BCUT2D eigenvalue weighted by Gasteiger charge is -2.36. The van der Waals surface area contributed by atoms with Gasteiger partial charge in [-0.3, -0.25) is 9.88 Å². The summed E-state index contributed by atoms with van der Waals surface area (Å²) in [5.41, 5.74) is 4.25. The molecule has 0 saturated carbocycles. The molecule has 0 bridgehead atoms. The van der Waals surface area contributed by atoms with E-state index >= 15 is 0 Å². The molecule has 2 fully saturated rings. The van der Waals surface area contributed by atoms with E-state index in [1.807, 2.05) is 50.1 Å². The summed E-state index contributed by atoms with van der Waals surface area (Å²) in [6, 6.07) is 6.24. The van der Waals surface area contributed by atoms with Crippen LogP contribution in [0.2, 0.25) is 0 Å². The number of piperidine rings is 1. The average molecular weight is 464 g/mol. The van der Waals surface area contributed by atoms with E-state index in [-0.39, 0.29) is 12.3 Å². The first-order chi connectivity index (χ1) is 16.4. The van der Waals surface area contributed by atoms with E-state index in [0.29, 0.717) is 12.5 Å². The number of ether oxygens (including phenoxy) is 2. The highest BCUT2D eigenvalue weighted by atomic mass is 16.6. The Morgan fingerprint density at radius 1 is 1.12 bits per heavy atom. The van der Waals surface area contributed by atoms with Crippen LogP contribution in [0.4, 0.5) is 4.79 Å². The second-order valence-corrected chi connectivity index (χ2v) is 10.2. The molecule has 34 heavy (non-hydrogen) atoms. The molecule has 0 spiro atoms. The van der Waals surface area contributed by atoms with E-state index in [1.54, 1.807) is 4.90 Å². The quantitative estimate of drug-likeness (QED) is 0.524. The summed E-state index contributed by atoms with van der Waals surface area (Å²) < 4.78 is 13.1. The molecule has 8 heteroatoms. The number of aromatic nitrogens is 4. The summed E-state index contributed by atoms with van der Waals surface area (Å²) in [6.45, 7) is 7.92. The van der Waals surface area contributed by atoms with Crippen molar-refractivity contribution in [1.82, 2.24) is 24.6 Å². The lowest BCUT2D eigenvalue weighted by molar-refractivity contribution is -0.00344. The zero-order valence-corrected chi connectivity index (χ0v) is 20.2. The van der Waals surface area contributed by atoms with Crippen LogP contribution in [0.3, 0.4) is 0 Å². The second kappa shape index (κ2) is 9.33. The highest BCUT2D eigenvalue weighted by Gasteiger charge is 2.32. The van der Waals surface area contributed by atoms with Crippen molar-refractivity contribution in [2.75, 3.05) is 19.8 Å². The normalized spacial score (nSPS) is 20.0. The fourth-order valence-electron chi connectivity index (χ4n) is 4.89. The molecule has 1 aromatic carbocycles. The molecule has 8 nitrogen and oxygen atoms in total. The van der Waals surface area contributed by atoms with Gasteiger partial charge in [-0.2, -0.15) is 5.10 Å². The standard InChI is InChI=1S/C26H33N5O3/c1-26(2,3)34-25(32)30-12-5-4-9-23(30)31-17-19(15-28-31)22-16-27-21-8-6-7-20(24(21)29-22)18-10-13-33-14-11-18/h6-8,15-18,23H,4-5,9-14H2,1-3H3. The van der Waals surface area contributed by atoms with E-state index < -0.39 is 5.60 Å². The van der Waals surface area contributed by atoms with Gasteiger partial charge < -0.3 is 9.47 Å². The lowest BCUT2D eigenvalue weighted by Crippen LogP contribution is -2.44. The monoisotopic (exact) mass is 463 g/mol. The van der Waals surface area contributed by atoms with Crippen molar-refractivity contribution in [3.05, 3.63) is 42.4 Å². The Kier molecular flexibility index (Phi) is 6.25. The third-order valence-electron chi connectivity index (χ3n) is 6.57. The van der Waals surface area contributed by atoms with Gasteiger partial charge in [0.25, 0.3) is 0 Å². The molecule has 0 aliphatic carbocycles. The van der Waals surface area contributed by atoms with Gasteiger partial charge in [0.05, 0.1) is 29.1 Å². The molecule has 3 aromatic rings. The van der Waals surface area contributed by atoms with Gasteiger partial charge in [-0.05, 0) is 70.4 Å². The lowest BCUT2D eigenvalue weighted by atomic mass is 9.90. The van der Waals surface area contributed by atoms with Gasteiger partial charge in [-0.15, -0.1) is 0 Å². The highest BCUT2D eigenvalue weighted by Crippen LogP contribution is 2.33. The van der Waals surface area contributed by atoms with Crippen LogP contribution >= 0.6 is 0 Å². The third-order valence-corrected chi connectivity index (χ3v) is 6.57. The van der Waals surface area contributed by atoms with Crippen molar-refractivity contribution in [1.29, 1.82) is 0 Å². The molecule has 1 amide bonds. The van der Waals surface area contributed by atoms with Crippen LogP contribution in [-0.4, -0.2) is 56.1 Å². The first-order valence-corrected chi connectivity index (χ1v) is 12.3. The Morgan fingerprint density at radius 3 is 2.74 bits per heavy atom. The molecule has 2 aliphatic heterocycles. The largest absolute Gasteiger partial charge is 0.444 e. The Hall–Kier alpha value is -3.00. The van der Waals surface area contributed by atoms with Crippen molar-refractivity contribution >= 4 is 17.1 Å². The van der Waals surface area contributed by atoms with Crippen molar-refractivity contribution < 1.29 is 14.3 Å². The van der Waals surface area contributed by atoms with E-state index in [0.717, 1.165) is 67.6 Å². The zero-order valence-electron chi connectivity index (χ0n) is 20.2. The molecule has 180 valence electrons. The minimum Gasteiger partial charge on any atom is -0.444 e. The summed E-state index contributed by atoms with van der Waals surface area (Å²) in [7, 11) is 0. The van der Waals surface area contributed by atoms with Crippen molar-refractivity contribution in [2.45, 2.75) is 70.6 Å². The molecule has 0 N–H and O–H groups in total. The van der Waals surface area contributed by atoms with Crippen molar-refractivity contribution in [3.63, 3.8) is 0 Å². The summed E-state index contributed by atoms with van der Waals surface area (Å²) in [6.07, 6.45) is 10.0. The van der Waals surface area contributed by atoms with Crippen LogP contribution in [-0.2, 0) is 9.47 Å². The smallest absolute Gasteiger partial charge is 0.411 e. The number of likely N-dealkylation sites (tertiary alicyclic amines) is 1. The summed E-state index contributed by atoms with van der Waals surface area (Å²) in [5, 5.41) is 4.62. The Bertz CT molecular complexity index is 1160. The first kappa shape index (κ1) is 22.8. The molecule has 5 rings (SSSR count). The van der Waals surface area contributed by atoms with Gasteiger partial charge in [0.1, 0.15) is 11.8 Å². The van der Waals surface area contributed by atoms with Gasteiger partial charge in [-0.25, -0.2) is 14.5 Å². The first-order valence-electron chi connectivity index (χ1n) is 12.3. The van der Waals surface area contributed by atoms with E-state index in [9.17, 15) is 4.79 Å². The topological polar surface area (TPSA) is 82.4 Å². The molecule has 0 radical (unpaired) electrons. The highest BCUT2D eigenvalue weighted by molar-refractivity contribution is 5.80. The van der Waals surface area contributed by atoms with Crippen LogP contribution in [0, 0.1) is 0 Å².